The van der Waals surface area contributed by atoms with Gasteiger partial charge in [0.1, 0.15) is 0 Å². The average Bonchev–Trinajstić information content (AvgIpc) is 2.67. The highest BCUT2D eigenvalue weighted by Crippen LogP contribution is 2.03. The number of aliphatic hydroxyl groups is 1. The van der Waals surface area contributed by atoms with Crippen molar-refractivity contribution < 1.29 is 5.11 Å². The minimum absolute atomic E-state index is 0.162. The molecule has 16 heavy (non-hydrogen) atoms. The van der Waals surface area contributed by atoms with Crippen LogP contribution in [0.4, 0.5) is 0 Å². The molecule has 2 N–H and O–H groups in total. The van der Waals surface area contributed by atoms with Gasteiger partial charge in [-0.05, 0) is 12.3 Å². The Morgan fingerprint density at radius 1 is 1.50 bits per heavy atom. The molecule has 4 heteroatoms. The van der Waals surface area contributed by atoms with Gasteiger partial charge in [-0.25, -0.2) is 0 Å². The number of aromatic nitrogens is 2. The van der Waals surface area contributed by atoms with Crippen molar-refractivity contribution in [1.29, 1.82) is 0 Å². The van der Waals surface area contributed by atoms with Gasteiger partial charge < -0.3 is 10.4 Å². The first-order valence-electron chi connectivity index (χ1n) is 6.03. The Morgan fingerprint density at radius 2 is 2.25 bits per heavy atom. The van der Waals surface area contributed by atoms with E-state index in [0.717, 1.165) is 19.5 Å². The average molecular weight is 225 g/mol. The van der Waals surface area contributed by atoms with Crippen molar-refractivity contribution >= 4 is 0 Å². The molecule has 0 saturated heterocycles. The molecule has 1 unspecified atom stereocenters. The first-order chi connectivity index (χ1) is 7.67. The monoisotopic (exact) mass is 225 g/mol. The van der Waals surface area contributed by atoms with Crippen molar-refractivity contribution in [2.24, 2.45) is 5.92 Å². The first-order valence-corrected chi connectivity index (χ1v) is 6.03. The summed E-state index contributed by atoms with van der Waals surface area (Å²) in [4.78, 5) is 0. The van der Waals surface area contributed by atoms with Crippen molar-refractivity contribution in [1.82, 2.24) is 15.1 Å². The van der Waals surface area contributed by atoms with Crippen LogP contribution in [0.25, 0.3) is 0 Å². The van der Waals surface area contributed by atoms with Crippen molar-refractivity contribution in [3.63, 3.8) is 0 Å². The summed E-state index contributed by atoms with van der Waals surface area (Å²) in [5.41, 5.74) is 1.17. The number of rotatable bonds is 7. The van der Waals surface area contributed by atoms with Gasteiger partial charge in [-0.3, -0.25) is 4.68 Å². The van der Waals surface area contributed by atoms with Crippen LogP contribution in [0.3, 0.4) is 0 Å². The number of nitrogens with zero attached hydrogens (tertiary/aromatic N) is 2. The lowest BCUT2D eigenvalue weighted by molar-refractivity contribution is 0.210. The topological polar surface area (TPSA) is 50.1 Å². The molecule has 0 spiro atoms. The molecule has 0 aliphatic rings. The molecule has 1 heterocycles. The molecule has 0 amide bonds. The van der Waals surface area contributed by atoms with E-state index in [0.29, 0.717) is 5.92 Å². The van der Waals surface area contributed by atoms with E-state index in [1.165, 1.54) is 5.56 Å². The minimum atomic E-state index is 0.162. The molecule has 0 aliphatic heterocycles. The molecular formula is C12H23N3O. The van der Waals surface area contributed by atoms with Gasteiger partial charge in [0.2, 0.25) is 0 Å². The molecule has 0 radical (unpaired) electrons. The lowest BCUT2D eigenvalue weighted by Crippen LogP contribution is -2.36. The van der Waals surface area contributed by atoms with Crippen molar-refractivity contribution in [2.45, 2.75) is 46.3 Å². The standard InChI is InChI=1S/C12H23N3O/c1-4-5-15-8-11(7-14-15)6-13-12(9-16)10(2)3/h7-8,10,12-13,16H,4-6,9H2,1-3H3. The minimum Gasteiger partial charge on any atom is -0.395 e. The van der Waals surface area contributed by atoms with Gasteiger partial charge in [-0.1, -0.05) is 20.8 Å². The third-order valence-electron chi connectivity index (χ3n) is 2.71. The van der Waals surface area contributed by atoms with E-state index in [-0.39, 0.29) is 12.6 Å². The van der Waals surface area contributed by atoms with Gasteiger partial charge in [0.05, 0.1) is 12.8 Å². The Kier molecular flexibility index (Phi) is 5.49. The van der Waals surface area contributed by atoms with Crippen LogP contribution >= 0.6 is 0 Å². The van der Waals surface area contributed by atoms with E-state index in [2.05, 4.69) is 37.4 Å². The van der Waals surface area contributed by atoms with Gasteiger partial charge >= 0.3 is 0 Å². The summed E-state index contributed by atoms with van der Waals surface area (Å²) in [6.45, 7) is 8.27. The zero-order valence-corrected chi connectivity index (χ0v) is 10.5. The van der Waals surface area contributed by atoms with Crippen LogP contribution in [0.2, 0.25) is 0 Å². The second-order valence-corrected chi connectivity index (χ2v) is 4.53. The molecule has 0 aliphatic carbocycles. The van der Waals surface area contributed by atoms with E-state index in [1.54, 1.807) is 0 Å². The predicted molar refractivity (Wildman–Crippen MR) is 65.1 cm³/mol. The van der Waals surface area contributed by atoms with Crippen LogP contribution in [0, 0.1) is 5.92 Å². The van der Waals surface area contributed by atoms with E-state index in [9.17, 15) is 5.11 Å². The summed E-state index contributed by atoms with van der Waals surface area (Å²) < 4.78 is 1.96. The molecule has 4 nitrogen and oxygen atoms in total. The highest BCUT2D eigenvalue weighted by molar-refractivity contribution is 5.03. The fourth-order valence-electron chi connectivity index (χ4n) is 1.61. The van der Waals surface area contributed by atoms with Crippen LogP contribution in [0.5, 0.6) is 0 Å². The number of aliphatic hydroxyl groups excluding tert-OH is 1. The Bertz CT molecular complexity index is 296. The van der Waals surface area contributed by atoms with E-state index in [4.69, 9.17) is 0 Å². The molecule has 0 aromatic carbocycles. The Balaban J connectivity index is 2.41. The quantitative estimate of drug-likeness (QED) is 0.737. The second-order valence-electron chi connectivity index (χ2n) is 4.53. The Hall–Kier alpha value is -0.870. The molecule has 1 atom stereocenters. The zero-order valence-electron chi connectivity index (χ0n) is 10.5. The highest BCUT2D eigenvalue weighted by Gasteiger charge is 2.11. The van der Waals surface area contributed by atoms with Gasteiger partial charge in [0, 0.05) is 30.9 Å². The SMILES string of the molecule is CCCn1cc(CNC(CO)C(C)C)cn1. The van der Waals surface area contributed by atoms with E-state index < -0.39 is 0 Å². The highest BCUT2D eigenvalue weighted by atomic mass is 16.3. The smallest absolute Gasteiger partial charge is 0.0587 e. The van der Waals surface area contributed by atoms with Crippen LogP contribution in [0.15, 0.2) is 12.4 Å². The number of aryl methyl sites for hydroxylation is 1. The molecule has 0 fully saturated rings. The maximum Gasteiger partial charge on any atom is 0.0587 e. The maximum absolute atomic E-state index is 9.18. The summed E-state index contributed by atoms with van der Waals surface area (Å²) in [7, 11) is 0. The normalized spacial score (nSPS) is 13.3. The van der Waals surface area contributed by atoms with Gasteiger partial charge in [0.15, 0.2) is 0 Å². The van der Waals surface area contributed by atoms with E-state index in [1.807, 2.05) is 10.9 Å². The number of hydrogen-bond donors (Lipinski definition) is 2. The van der Waals surface area contributed by atoms with Crippen LogP contribution in [-0.4, -0.2) is 27.5 Å². The van der Waals surface area contributed by atoms with Crippen LogP contribution in [-0.2, 0) is 13.1 Å². The van der Waals surface area contributed by atoms with Crippen molar-refractivity contribution in [3.05, 3.63) is 18.0 Å². The summed E-state index contributed by atoms with van der Waals surface area (Å²) in [6, 6.07) is 0.162. The van der Waals surface area contributed by atoms with Gasteiger partial charge in [-0.2, -0.15) is 5.10 Å². The fraction of sp³-hybridized carbons (Fsp3) is 0.750. The predicted octanol–water partition coefficient (Wildman–Crippen LogP) is 1.40. The molecule has 1 aromatic rings. The summed E-state index contributed by atoms with van der Waals surface area (Å²) in [6.07, 6.45) is 5.04. The molecule has 0 saturated carbocycles. The van der Waals surface area contributed by atoms with Crippen LogP contribution in [0.1, 0.15) is 32.8 Å². The third kappa shape index (κ3) is 3.94. The molecule has 1 aromatic heterocycles. The van der Waals surface area contributed by atoms with Gasteiger partial charge in [0.25, 0.3) is 0 Å². The molecule has 92 valence electrons. The second kappa shape index (κ2) is 6.66. The number of nitrogens with one attached hydrogen (secondary N) is 1. The lowest BCUT2D eigenvalue weighted by Gasteiger charge is -2.19. The van der Waals surface area contributed by atoms with Crippen molar-refractivity contribution in [3.8, 4) is 0 Å². The summed E-state index contributed by atoms with van der Waals surface area (Å²) in [5, 5.41) is 16.8. The Labute approximate surface area is 97.7 Å². The molecular weight excluding hydrogens is 202 g/mol. The molecule has 0 bridgehead atoms. The largest absolute Gasteiger partial charge is 0.395 e. The fourth-order valence-corrected chi connectivity index (χ4v) is 1.61. The lowest BCUT2D eigenvalue weighted by atomic mass is 10.1. The van der Waals surface area contributed by atoms with Crippen molar-refractivity contribution in [2.75, 3.05) is 6.61 Å². The molecule has 1 rings (SSSR count). The first kappa shape index (κ1) is 13.2. The number of hydrogen-bond acceptors (Lipinski definition) is 3. The zero-order chi connectivity index (χ0) is 12.0. The third-order valence-corrected chi connectivity index (χ3v) is 2.71. The Morgan fingerprint density at radius 3 is 2.81 bits per heavy atom. The summed E-state index contributed by atoms with van der Waals surface area (Å²) in [5.74, 6) is 0.440. The van der Waals surface area contributed by atoms with Gasteiger partial charge in [-0.15, -0.1) is 0 Å². The maximum atomic E-state index is 9.18. The summed E-state index contributed by atoms with van der Waals surface area (Å²) >= 11 is 0. The van der Waals surface area contributed by atoms with Crippen LogP contribution < -0.4 is 5.32 Å². The van der Waals surface area contributed by atoms with E-state index >= 15 is 0 Å².